The van der Waals surface area contributed by atoms with Crippen molar-refractivity contribution in [2.24, 2.45) is 0 Å². The van der Waals surface area contributed by atoms with Crippen LogP contribution in [0.2, 0.25) is 0 Å². The fraction of sp³-hybridized carbons (Fsp3) is 0.250. The van der Waals surface area contributed by atoms with Gasteiger partial charge in [0.05, 0.1) is 19.8 Å². The van der Waals surface area contributed by atoms with E-state index in [4.69, 9.17) is 9.47 Å². The SMILES string of the molecule is C=CC1(Cc2ccc(OC)cc2)N(C)C(=O)C1(Cc1ccc(OC)cc1)Sc1ccccc1. The number of nitrogens with zero attached hydrogens (tertiary/aromatic N) is 1. The van der Waals surface area contributed by atoms with Gasteiger partial charge >= 0.3 is 0 Å². The van der Waals surface area contributed by atoms with E-state index in [-0.39, 0.29) is 5.91 Å². The van der Waals surface area contributed by atoms with Crippen LogP contribution in [0.5, 0.6) is 11.5 Å². The predicted molar refractivity (Wildman–Crippen MR) is 134 cm³/mol. The third-order valence-electron chi connectivity index (χ3n) is 6.57. The number of hydrogen-bond acceptors (Lipinski definition) is 4. The molecular weight excluding hydrogens is 430 g/mol. The molecule has 0 saturated carbocycles. The predicted octanol–water partition coefficient (Wildman–Crippen LogP) is 5.42. The summed E-state index contributed by atoms with van der Waals surface area (Å²) in [6.45, 7) is 4.22. The van der Waals surface area contributed by atoms with Gasteiger partial charge in [0, 0.05) is 18.4 Å². The summed E-state index contributed by atoms with van der Waals surface area (Å²) in [5.41, 5.74) is 1.66. The van der Waals surface area contributed by atoms with Crippen LogP contribution in [0.1, 0.15) is 11.1 Å². The number of hydrogen-bond donors (Lipinski definition) is 0. The number of thioether (sulfide) groups is 1. The maximum Gasteiger partial charge on any atom is 0.242 e. The normalized spacial score (nSPS) is 21.9. The van der Waals surface area contributed by atoms with Gasteiger partial charge in [-0.25, -0.2) is 0 Å². The molecule has 3 aromatic rings. The second-order valence-electron chi connectivity index (χ2n) is 8.28. The van der Waals surface area contributed by atoms with Crippen LogP contribution in [-0.2, 0) is 17.6 Å². The van der Waals surface area contributed by atoms with Crippen LogP contribution >= 0.6 is 11.8 Å². The number of rotatable bonds is 9. The third kappa shape index (κ3) is 4.02. The smallest absolute Gasteiger partial charge is 0.242 e. The summed E-state index contributed by atoms with van der Waals surface area (Å²) in [6.07, 6.45) is 3.21. The minimum absolute atomic E-state index is 0.112. The number of ether oxygens (including phenoxy) is 2. The Balaban J connectivity index is 1.78. The number of carbonyl (C=O) groups excluding carboxylic acids is 1. The lowest BCUT2D eigenvalue weighted by Crippen LogP contribution is -2.80. The molecule has 4 rings (SSSR count). The average Bonchev–Trinajstić information content (AvgIpc) is 2.87. The Kier molecular flexibility index (Phi) is 6.52. The molecule has 0 aromatic heterocycles. The van der Waals surface area contributed by atoms with Gasteiger partial charge in [0.15, 0.2) is 0 Å². The Morgan fingerprint density at radius 1 is 0.848 bits per heavy atom. The number of methoxy groups -OCH3 is 2. The fourth-order valence-electron chi connectivity index (χ4n) is 4.66. The molecule has 1 fully saturated rings. The van der Waals surface area contributed by atoms with Gasteiger partial charge in [0.1, 0.15) is 16.2 Å². The van der Waals surface area contributed by atoms with Crippen molar-refractivity contribution in [1.29, 1.82) is 0 Å². The highest BCUT2D eigenvalue weighted by Gasteiger charge is 2.68. The standard InChI is InChI=1S/C28H29NO3S/c1-5-27(19-21-11-15-23(31-3)16-12-21)28(26(30)29(27)2,33-25-9-7-6-8-10-25)20-22-13-17-24(32-4)18-14-22/h5-18H,1,19-20H2,2-4H3. The number of benzene rings is 3. The summed E-state index contributed by atoms with van der Waals surface area (Å²) in [7, 11) is 5.20. The zero-order valence-corrected chi connectivity index (χ0v) is 20.1. The Labute approximate surface area is 200 Å². The van der Waals surface area contributed by atoms with Crippen LogP contribution < -0.4 is 9.47 Å². The van der Waals surface area contributed by atoms with Crippen LogP contribution in [-0.4, -0.2) is 42.4 Å². The lowest BCUT2D eigenvalue weighted by molar-refractivity contribution is -0.156. The number of likely N-dealkylation sites (N-methyl/N-ethyl adjacent to an activating group) is 1. The molecule has 33 heavy (non-hydrogen) atoms. The molecule has 0 spiro atoms. The molecule has 2 atom stereocenters. The van der Waals surface area contributed by atoms with Crippen molar-refractivity contribution in [3.63, 3.8) is 0 Å². The van der Waals surface area contributed by atoms with E-state index in [0.717, 1.165) is 27.5 Å². The van der Waals surface area contributed by atoms with Crippen LogP contribution in [0.15, 0.2) is 96.4 Å². The van der Waals surface area contributed by atoms with E-state index in [9.17, 15) is 4.79 Å². The number of likely N-dealkylation sites (tertiary alicyclic amines) is 1. The summed E-state index contributed by atoms with van der Waals surface area (Å²) in [5, 5.41) is 0. The summed E-state index contributed by atoms with van der Waals surface area (Å²) < 4.78 is 9.93. The molecule has 5 heteroatoms. The maximum atomic E-state index is 13.7. The van der Waals surface area contributed by atoms with Gasteiger partial charge in [-0.3, -0.25) is 4.79 Å². The molecule has 0 bridgehead atoms. The molecule has 1 aliphatic rings. The van der Waals surface area contributed by atoms with E-state index < -0.39 is 10.3 Å². The van der Waals surface area contributed by atoms with Crippen molar-refractivity contribution in [1.82, 2.24) is 4.90 Å². The molecule has 0 aliphatic carbocycles. The van der Waals surface area contributed by atoms with Crippen molar-refractivity contribution in [2.75, 3.05) is 21.3 Å². The maximum absolute atomic E-state index is 13.7. The zero-order valence-electron chi connectivity index (χ0n) is 19.3. The van der Waals surface area contributed by atoms with Gasteiger partial charge < -0.3 is 14.4 Å². The Hall–Kier alpha value is -3.18. The van der Waals surface area contributed by atoms with E-state index in [0.29, 0.717) is 12.8 Å². The Morgan fingerprint density at radius 3 is 1.85 bits per heavy atom. The van der Waals surface area contributed by atoms with E-state index in [1.54, 1.807) is 26.0 Å². The minimum atomic E-state index is -0.723. The topological polar surface area (TPSA) is 38.8 Å². The van der Waals surface area contributed by atoms with Crippen molar-refractivity contribution in [3.8, 4) is 11.5 Å². The second-order valence-corrected chi connectivity index (χ2v) is 9.66. The quantitative estimate of drug-likeness (QED) is 0.317. The molecule has 1 amide bonds. The molecule has 4 nitrogen and oxygen atoms in total. The van der Waals surface area contributed by atoms with Gasteiger partial charge in [0.25, 0.3) is 0 Å². The van der Waals surface area contributed by atoms with Crippen molar-refractivity contribution < 1.29 is 14.3 Å². The highest BCUT2D eigenvalue weighted by molar-refractivity contribution is 8.01. The molecule has 1 heterocycles. The molecule has 1 saturated heterocycles. The fourth-order valence-corrected chi connectivity index (χ4v) is 6.29. The molecule has 2 unspecified atom stereocenters. The third-order valence-corrected chi connectivity index (χ3v) is 8.09. The van der Waals surface area contributed by atoms with Crippen LogP contribution in [0.25, 0.3) is 0 Å². The van der Waals surface area contributed by atoms with Crippen molar-refractivity contribution in [3.05, 3.63) is 103 Å². The molecule has 3 aromatic carbocycles. The van der Waals surface area contributed by atoms with E-state index >= 15 is 0 Å². The van der Waals surface area contributed by atoms with Crippen LogP contribution in [0, 0.1) is 0 Å². The molecule has 0 N–H and O–H groups in total. The molecule has 170 valence electrons. The van der Waals surface area contributed by atoms with Gasteiger partial charge in [-0.15, -0.1) is 18.3 Å². The first-order chi connectivity index (χ1) is 16.0. The molecular formula is C28H29NO3S. The number of β-lactam (4-membered cyclic amide) rings is 1. The van der Waals surface area contributed by atoms with Crippen LogP contribution in [0.3, 0.4) is 0 Å². The minimum Gasteiger partial charge on any atom is -0.497 e. The van der Waals surface area contributed by atoms with E-state index in [2.05, 4.69) is 30.8 Å². The summed E-state index contributed by atoms with van der Waals surface area (Å²) >= 11 is 1.63. The summed E-state index contributed by atoms with van der Waals surface area (Å²) in [5.74, 6) is 1.72. The first kappa shape index (κ1) is 23.0. The van der Waals surface area contributed by atoms with Gasteiger partial charge in [-0.2, -0.15) is 0 Å². The van der Waals surface area contributed by atoms with Crippen molar-refractivity contribution in [2.45, 2.75) is 28.0 Å². The Morgan fingerprint density at radius 2 is 1.36 bits per heavy atom. The van der Waals surface area contributed by atoms with Gasteiger partial charge in [-0.05, 0) is 53.9 Å². The first-order valence-electron chi connectivity index (χ1n) is 10.9. The summed E-state index contributed by atoms with van der Waals surface area (Å²) in [6, 6.07) is 26.2. The molecule has 0 radical (unpaired) electrons. The second kappa shape index (κ2) is 9.36. The highest BCUT2D eigenvalue weighted by Crippen LogP contribution is 2.56. The number of amides is 1. The first-order valence-corrected chi connectivity index (χ1v) is 11.7. The molecule has 1 aliphatic heterocycles. The van der Waals surface area contributed by atoms with E-state index in [1.165, 1.54) is 0 Å². The van der Waals surface area contributed by atoms with Crippen LogP contribution in [0.4, 0.5) is 0 Å². The largest absolute Gasteiger partial charge is 0.497 e. The van der Waals surface area contributed by atoms with E-state index in [1.807, 2.05) is 72.6 Å². The zero-order chi connectivity index (χ0) is 23.5. The van der Waals surface area contributed by atoms with Gasteiger partial charge in [-0.1, -0.05) is 48.5 Å². The van der Waals surface area contributed by atoms with Gasteiger partial charge in [0.2, 0.25) is 5.91 Å². The average molecular weight is 460 g/mol. The Bertz CT molecular complexity index is 1110. The lowest BCUT2D eigenvalue weighted by atomic mass is 9.66. The lowest BCUT2D eigenvalue weighted by Gasteiger charge is -2.62. The summed E-state index contributed by atoms with van der Waals surface area (Å²) in [4.78, 5) is 16.6. The monoisotopic (exact) mass is 459 g/mol. The highest BCUT2D eigenvalue weighted by atomic mass is 32.2. The van der Waals surface area contributed by atoms with Crippen molar-refractivity contribution >= 4 is 17.7 Å². The number of carbonyl (C=O) groups is 1.